The van der Waals surface area contributed by atoms with Crippen LogP contribution in [0.2, 0.25) is 0 Å². The number of aromatic nitrogens is 1. The van der Waals surface area contributed by atoms with Crippen molar-refractivity contribution in [2.75, 3.05) is 13.1 Å². The molecule has 1 amide bonds. The molecule has 0 aliphatic carbocycles. The first kappa shape index (κ1) is 23.1. The van der Waals surface area contributed by atoms with Crippen LogP contribution in [0.25, 0.3) is 11.3 Å². The van der Waals surface area contributed by atoms with E-state index < -0.39 is 21.9 Å². The Kier molecular flexibility index (Phi) is 6.90. The molecule has 1 aliphatic rings. The van der Waals surface area contributed by atoms with Crippen LogP contribution in [0.5, 0.6) is 0 Å². The Labute approximate surface area is 192 Å². The molecule has 7 nitrogen and oxygen atoms in total. The fourth-order valence-electron chi connectivity index (χ4n) is 3.87. The highest BCUT2D eigenvalue weighted by molar-refractivity contribution is 7.89. The molecule has 3 aromatic rings. The molecule has 0 bridgehead atoms. The Bertz CT molecular complexity index is 1220. The van der Waals surface area contributed by atoms with E-state index in [0.717, 1.165) is 17.2 Å². The molecule has 1 unspecified atom stereocenters. The van der Waals surface area contributed by atoms with Crippen LogP contribution in [0.3, 0.4) is 0 Å². The first-order valence-corrected chi connectivity index (χ1v) is 12.4. The summed E-state index contributed by atoms with van der Waals surface area (Å²) in [7, 11) is -3.87. The van der Waals surface area contributed by atoms with E-state index in [4.69, 9.17) is 4.42 Å². The molecule has 1 saturated heterocycles. The highest BCUT2D eigenvalue weighted by Crippen LogP contribution is 2.22. The first-order valence-electron chi connectivity index (χ1n) is 10.9. The molecule has 33 heavy (non-hydrogen) atoms. The Morgan fingerprint density at radius 3 is 2.79 bits per heavy atom. The number of amides is 1. The van der Waals surface area contributed by atoms with E-state index in [1.54, 1.807) is 11.1 Å². The molecule has 2 heterocycles. The summed E-state index contributed by atoms with van der Waals surface area (Å²) >= 11 is 0. The Hall–Kier alpha value is -3.04. The largest absolute Gasteiger partial charge is 0.441 e. The van der Waals surface area contributed by atoms with Crippen LogP contribution in [0.4, 0.5) is 4.39 Å². The molecule has 174 valence electrons. The summed E-state index contributed by atoms with van der Waals surface area (Å²) in [6.07, 6.45) is 3.53. The second kappa shape index (κ2) is 9.84. The number of carbonyl (C=O) groups is 1. The molecule has 0 radical (unpaired) electrons. The van der Waals surface area contributed by atoms with Gasteiger partial charge in [-0.3, -0.25) is 4.79 Å². The van der Waals surface area contributed by atoms with Gasteiger partial charge < -0.3 is 9.32 Å². The number of hydrogen-bond acceptors (Lipinski definition) is 5. The van der Waals surface area contributed by atoms with Gasteiger partial charge in [-0.2, -0.15) is 0 Å². The van der Waals surface area contributed by atoms with Crippen LogP contribution < -0.4 is 4.72 Å². The molecule has 1 aromatic heterocycles. The first-order chi connectivity index (χ1) is 15.8. The lowest BCUT2D eigenvalue weighted by Gasteiger charge is -2.33. The van der Waals surface area contributed by atoms with Crippen LogP contribution in [0.15, 0.2) is 64.0 Å². The Morgan fingerprint density at radius 1 is 1.24 bits per heavy atom. The van der Waals surface area contributed by atoms with Crippen molar-refractivity contribution in [1.29, 1.82) is 0 Å². The number of rotatable bonds is 7. The van der Waals surface area contributed by atoms with Gasteiger partial charge in [-0.05, 0) is 38.0 Å². The van der Waals surface area contributed by atoms with Gasteiger partial charge >= 0.3 is 0 Å². The van der Waals surface area contributed by atoms with E-state index in [1.165, 1.54) is 18.2 Å². The van der Waals surface area contributed by atoms with Crippen LogP contribution in [-0.4, -0.2) is 43.3 Å². The average molecular weight is 472 g/mol. The van der Waals surface area contributed by atoms with Gasteiger partial charge in [0, 0.05) is 37.5 Å². The molecule has 0 spiro atoms. The maximum atomic E-state index is 13.4. The molecular weight excluding hydrogens is 445 g/mol. The zero-order valence-electron chi connectivity index (χ0n) is 18.3. The van der Waals surface area contributed by atoms with Gasteiger partial charge in [-0.25, -0.2) is 22.5 Å². The number of oxazole rings is 1. The second-order valence-corrected chi connectivity index (χ2v) is 9.96. The van der Waals surface area contributed by atoms with Gasteiger partial charge in [0.2, 0.25) is 15.9 Å². The highest BCUT2D eigenvalue weighted by atomic mass is 32.2. The summed E-state index contributed by atoms with van der Waals surface area (Å²) in [4.78, 5) is 18.6. The lowest BCUT2D eigenvalue weighted by atomic mass is 10.1. The SMILES string of the molecule is Cc1ccc(-c2cnc(CCC(=O)N3CCCC(NS(=O)(=O)c4cccc(F)c4)C3)o2)cc1. The van der Waals surface area contributed by atoms with Gasteiger partial charge in [0.25, 0.3) is 0 Å². The lowest BCUT2D eigenvalue weighted by molar-refractivity contribution is -0.132. The number of hydrogen-bond donors (Lipinski definition) is 1. The Morgan fingerprint density at radius 2 is 2.03 bits per heavy atom. The average Bonchev–Trinajstić information content (AvgIpc) is 3.27. The zero-order valence-corrected chi connectivity index (χ0v) is 19.1. The summed E-state index contributed by atoms with van der Waals surface area (Å²) in [5.74, 6) is 0.441. The van der Waals surface area contributed by atoms with Crippen molar-refractivity contribution < 1.29 is 22.0 Å². The van der Waals surface area contributed by atoms with Crippen molar-refractivity contribution in [3.05, 3.63) is 72.0 Å². The van der Waals surface area contributed by atoms with E-state index >= 15 is 0 Å². The van der Waals surface area contributed by atoms with Crippen LogP contribution in [-0.2, 0) is 21.2 Å². The molecular formula is C24H26FN3O4S. The molecule has 1 fully saturated rings. The number of halogens is 1. The van der Waals surface area contributed by atoms with Gasteiger partial charge in [0.15, 0.2) is 11.7 Å². The van der Waals surface area contributed by atoms with Crippen molar-refractivity contribution >= 4 is 15.9 Å². The lowest BCUT2D eigenvalue weighted by Crippen LogP contribution is -2.49. The monoisotopic (exact) mass is 471 g/mol. The summed E-state index contributed by atoms with van der Waals surface area (Å²) in [5, 5.41) is 0. The molecule has 0 saturated carbocycles. The van der Waals surface area contributed by atoms with Crippen molar-refractivity contribution in [2.45, 2.75) is 43.5 Å². The van der Waals surface area contributed by atoms with Crippen molar-refractivity contribution in [3.8, 4) is 11.3 Å². The van der Waals surface area contributed by atoms with Crippen LogP contribution in [0.1, 0.15) is 30.7 Å². The van der Waals surface area contributed by atoms with Gasteiger partial charge in [0.1, 0.15) is 5.82 Å². The summed E-state index contributed by atoms with van der Waals surface area (Å²) < 4.78 is 47.0. The predicted octanol–water partition coefficient (Wildman–Crippen LogP) is 3.69. The van der Waals surface area contributed by atoms with Crippen molar-refractivity contribution in [2.24, 2.45) is 0 Å². The topological polar surface area (TPSA) is 92.5 Å². The van der Waals surface area contributed by atoms with Gasteiger partial charge in [-0.15, -0.1) is 0 Å². The quantitative estimate of drug-likeness (QED) is 0.567. The summed E-state index contributed by atoms with van der Waals surface area (Å²) in [6, 6.07) is 12.4. The number of carbonyl (C=O) groups excluding carboxylic acids is 1. The molecule has 1 atom stereocenters. The van der Waals surface area contributed by atoms with Gasteiger partial charge in [-0.1, -0.05) is 35.9 Å². The third-order valence-corrected chi connectivity index (χ3v) is 7.16. The smallest absolute Gasteiger partial charge is 0.240 e. The van der Waals surface area contributed by atoms with E-state index in [2.05, 4.69) is 9.71 Å². The van der Waals surface area contributed by atoms with Crippen LogP contribution >= 0.6 is 0 Å². The normalized spacial score (nSPS) is 16.7. The third-order valence-electron chi connectivity index (χ3n) is 5.64. The number of aryl methyl sites for hydroxylation is 2. The number of nitrogens with zero attached hydrogens (tertiary/aromatic N) is 2. The maximum absolute atomic E-state index is 13.4. The minimum atomic E-state index is -3.87. The van der Waals surface area contributed by atoms with E-state index in [-0.39, 0.29) is 23.8 Å². The number of benzene rings is 2. The standard InChI is InChI=1S/C24H26FN3O4S/c1-17-7-9-18(10-8-17)22-15-26-23(32-22)11-12-24(29)28-13-3-5-20(16-28)27-33(30,31)21-6-2-4-19(25)14-21/h2,4,6-10,14-15,20,27H,3,5,11-13,16H2,1H3. The number of likely N-dealkylation sites (tertiary alicyclic amines) is 1. The molecule has 1 N–H and O–H groups in total. The fraction of sp³-hybridized carbons (Fsp3) is 0.333. The molecule has 4 rings (SSSR count). The summed E-state index contributed by atoms with van der Waals surface area (Å²) in [6.45, 7) is 2.85. The number of piperidine rings is 1. The van der Waals surface area contributed by atoms with E-state index in [1.807, 2.05) is 31.2 Å². The maximum Gasteiger partial charge on any atom is 0.240 e. The fourth-order valence-corrected chi connectivity index (χ4v) is 5.16. The van der Waals surface area contributed by atoms with Crippen molar-refractivity contribution in [1.82, 2.24) is 14.6 Å². The highest BCUT2D eigenvalue weighted by Gasteiger charge is 2.28. The molecule has 9 heteroatoms. The van der Waals surface area contributed by atoms with Gasteiger partial charge in [0.05, 0.1) is 11.1 Å². The Balaban J connectivity index is 1.32. The minimum Gasteiger partial charge on any atom is -0.441 e. The van der Waals surface area contributed by atoms with Crippen molar-refractivity contribution in [3.63, 3.8) is 0 Å². The number of sulfonamides is 1. The molecule has 2 aromatic carbocycles. The van der Waals surface area contributed by atoms with E-state index in [0.29, 0.717) is 37.5 Å². The van der Waals surface area contributed by atoms with E-state index in [9.17, 15) is 17.6 Å². The minimum absolute atomic E-state index is 0.0836. The second-order valence-electron chi connectivity index (χ2n) is 8.24. The zero-order chi connectivity index (χ0) is 23.4. The molecule has 1 aliphatic heterocycles. The summed E-state index contributed by atoms with van der Waals surface area (Å²) in [5.41, 5.74) is 2.08. The number of nitrogens with one attached hydrogen (secondary N) is 1. The third kappa shape index (κ3) is 5.85. The predicted molar refractivity (Wildman–Crippen MR) is 121 cm³/mol. The van der Waals surface area contributed by atoms with Crippen LogP contribution in [0, 0.1) is 12.7 Å².